The van der Waals surface area contributed by atoms with Crippen molar-refractivity contribution in [2.24, 2.45) is 5.92 Å². The number of benzene rings is 2. The number of aliphatic hydroxyl groups excluding tert-OH is 1. The fourth-order valence-corrected chi connectivity index (χ4v) is 4.69. The summed E-state index contributed by atoms with van der Waals surface area (Å²) >= 11 is 0. The summed E-state index contributed by atoms with van der Waals surface area (Å²) in [5.41, 5.74) is 4.00. The third-order valence-corrected chi connectivity index (χ3v) is 5.99. The highest BCUT2D eigenvalue weighted by atomic mass is 16.7. The van der Waals surface area contributed by atoms with Crippen LogP contribution in [0.1, 0.15) is 23.6 Å². The second-order valence-electron chi connectivity index (χ2n) is 7.80. The maximum absolute atomic E-state index is 12.3. The van der Waals surface area contributed by atoms with Crippen LogP contribution < -0.4 is 4.74 Å². The summed E-state index contributed by atoms with van der Waals surface area (Å²) in [6.45, 7) is 0.514. The molecule has 1 N–H and O–H groups in total. The highest BCUT2D eigenvalue weighted by Crippen LogP contribution is 2.49. The van der Waals surface area contributed by atoms with Crippen LogP contribution in [0.15, 0.2) is 47.0 Å². The summed E-state index contributed by atoms with van der Waals surface area (Å²) in [5.74, 6) is 1.99. The Morgan fingerprint density at radius 3 is 2.81 bits per heavy atom. The van der Waals surface area contributed by atoms with Gasteiger partial charge in [0.15, 0.2) is 6.79 Å². The van der Waals surface area contributed by atoms with Crippen molar-refractivity contribution in [1.82, 2.24) is 15.0 Å². The molecular weight excluding hydrogens is 398 g/mol. The van der Waals surface area contributed by atoms with Crippen molar-refractivity contribution >= 4 is 5.91 Å². The molecule has 8 heteroatoms. The van der Waals surface area contributed by atoms with E-state index in [2.05, 4.69) is 16.2 Å². The summed E-state index contributed by atoms with van der Waals surface area (Å²) < 4.78 is 15.8. The van der Waals surface area contributed by atoms with E-state index in [1.807, 2.05) is 36.4 Å². The standard InChI is InChI=1S/C23H23N3O5/c1-29-13-30-16-7-5-14(6-8-16)23-24-22(25-31-23)18-4-2-3-17-19(18)11-15-12-20(28)26(9-10-27)21(15)17/h2-8,15,21,27H,9-13H2,1H3/t15-,21+/m1/s1. The molecule has 1 aliphatic carbocycles. The number of aliphatic hydroxyl groups is 1. The van der Waals surface area contributed by atoms with Crippen LogP contribution in [0, 0.1) is 5.92 Å². The smallest absolute Gasteiger partial charge is 0.258 e. The molecule has 1 saturated heterocycles. The lowest BCUT2D eigenvalue weighted by molar-refractivity contribution is -0.129. The summed E-state index contributed by atoms with van der Waals surface area (Å²) in [5, 5.41) is 13.6. The van der Waals surface area contributed by atoms with Gasteiger partial charge in [0, 0.05) is 31.2 Å². The molecule has 1 fully saturated rings. The molecule has 5 rings (SSSR count). The van der Waals surface area contributed by atoms with Crippen LogP contribution in [0.4, 0.5) is 0 Å². The number of β-amino-alcohol motifs (C(OH)–C–C–N with tert-alkyl or cyclic N) is 1. The monoisotopic (exact) mass is 421 g/mol. The predicted octanol–water partition coefficient (Wildman–Crippen LogP) is 2.82. The van der Waals surface area contributed by atoms with E-state index in [9.17, 15) is 9.90 Å². The van der Waals surface area contributed by atoms with Crippen molar-refractivity contribution in [3.63, 3.8) is 0 Å². The van der Waals surface area contributed by atoms with E-state index in [-0.39, 0.29) is 31.3 Å². The Bertz CT molecular complexity index is 1090. The number of fused-ring (bicyclic) bond motifs is 3. The van der Waals surface area contributed by atoms with Crippen LogP contribution in [-0.2, 0) is 16.0 Å². The van der Waals surface area contributed by atoms with Crippen LogP contribution in [0.2, 0.25) is 0 Å². The van der Waals surface area contributed by atoms with Crippen molar-refractivity contribution in [2.45, 2.75) is 18.9 Å². The van der Waals surface area contributed by atoms with Gasteiger partial charge in [0.25, 0.3) is 5.89 Å². The van der Waals surface area contributed by atoms with Crippen molar-refractivity contribution in [1.29, 1.82) is 0 Å². The number of methoxy groups -OCH3 is 1. The van der Waals surface area contributed by atoms with Gasteiger partial charge in [-0.3, -0.25) is 4.79 Å². The van der Waals surface area contributed by atoms with E-state index >= 15 is 0 Å². The molecule has 0 bridgehead atoms. The summed E-state index contributed by atoms with van der Waals surface area (Å²) in [6, 6.07) is 13.4. The Kier molecular flexibility index (Phi) is 5.17. The third-order valence-electron chi connectivity index (χ3n) is 5.99. The summed E-state index contributed by atoms with van der Waals surface area (Å²) in [7, 11) is 1.57. The Hall–Kier alpha value is -3.23. The second kappa shape index (κ2) is 8.13. The van der Waals surface area contributed by atoms with Crippen LogP contribution >= 0.6 is 0 Å². The number of hydrogen-bond acceptors (Lipinski definition) is 7. The van der Waals surface area contributed by atoms with Crippen molar-refractivity contribution in [3.8, 4) is 28.6 Å². The van der Waals surface area contributed by atoms with Gasteiger partial charge in [-0.25, -0.2) is 0 Å². The SMILES string of the molecule is COCOc1ccc(-c2nc(-c3cccc4c3C[C@@H]3CC(=O)N(CCO)[C@H]43)no2)cc1. The highest BCUT2D eigenvalue weighted by Gasteiger charge is 2.46. The van der Waals surface area contributed by atoms with Crippen molar-refractivity contribution in [2.75, 3.05) is 27.1 Å². The largest absolute Gasteiger partial charge is 0.468 e. The molecule has 160 valence electrons. The fraction of sp³-hybridized carbons (Fsp3) is 0.348. The van der Waals surface area contributed by atoms with Gasteiger partial charge in [-0.2, -0.15) is 4.98 Å². The Morgan fingerprint density at radius 1 is 1.19 bits per heavy atom. The molecule has 3 aromatic rings. The van der Waals surface area contributed by atoms with E-state index in [0.717, 1.165) is 28.7 Å². The van der Waals surface area contributed by atoms with Crippen molar-refractivity contribution < 1.29 is 23.9 Å². The molecule has 1 aromatic heterocycles. The van der Waals surface area contributed by atoms with Crippen LogP contribution in [0.5, 0.6) is 5.75 Å². The molecular formula is C23H23N3O5. The second-order valence-corrected chi connectivity index (χ2v) is 7.80. The Morgan fingerprint density at radius 2 is 2.03 bits per heavy atom. The lowest BCUT2D eigenvalue weighted by Gasteiger charge is -2.24. The minimum atomic E-state index is -0.0342. The van der Waals surface area contributed by atoms with E-state index in [1.54, 1.807) is 12.0 Å². The van der Waals surface area contributed by atoms with Gasteiger partial charge in [0.1, 0.15) is 5.75 Å². The van der Waals surface area contributed by atoms with Crippen molar-refractivity contribution in [3.05, 3.63) is 53.6 Å². The number of nitrogens with zero attached hydrogens (tertiary/aromatic N) is 3. The first-order valence-corrected chi connectivity index (χ1v) is 10.3. The molecule has 0 spiro atoms. The molecule has 0 unspecified atom stereocenters. The zero-order valence-corrected chi connectivity index (χ0v) is 17.2. The summed E-state index contributed by atoms with van der Waals surface area (Å²) in [4.78, 5) is 18.8. The average Bonchev–Trinajstić information content (AvgIpc) is 3.48. The molecule has 8 nitrogen and oxygen atoms in total. The van der Waals surface area contributed by atoms with Gasteiger partial charge in [0.05, 0.1) is 12.6 Å². The van der Waals surface area contributed by atoms with Gasteiger partial charge in [-0.1, -0.05) is 23.4 Å². The molecule has 0 saturated carbocycles. The molecule has 31 heavy (non-hydrogen) atoms. The molecule has 2 aromatic carbocycles. The Labute approximate surface area is 179 Å². The van der Waals surface area contributed by atoms with Gasteiger partial charge in [0.2, 0.25) is 11.7 Å². The molecule has 1 amide bonds. The number of carbonyl (C=O) groups excluding carboxylic acids is 1. The number of ether oxygens (including phenoxy) is 2. The van der Waals surface area contributed by atoms with Crippen LogP contribution in [-0.4, -0.2) is 53.1 Å². The normalized spacial score (nSPS) is 19.5. The molecule has 0 radical (unpaired) electrons. The Balaban J connectivity index is 1.43. The molecule has 2 aliphatic rings. The minimum Gasteiger partial charge on any atom is -0.468 e. The summed E-state index contributed by atoms with van der Waals surface area (Å²) in [6.07, 6.45) is 1.30. The first-order chi connectivity index (χ1) is 15.2. The quantitative estimate of drug-likeness (QED) is 0.586. The van der Waals surface area contributed by atoms with Gasteiger partial charge in [-0.05, 0) is 47.7 Å². The number of carbonyl (C=O) groups is 1. The number of amides is 1. The number of likely N-dealkylation sites (tertiary alicyclic amines) is 1. The minimum absolute atomic E-state index is 0.0145. The maximum atomic E-state index is 12.3. The van der Waals surface area contributed by atoms with Gasteiger partial charge >= 0.3 is 0 Å². The zero-order valence-electron chi connectivity index (χ0n) is 17.2. The predicted molar refractivity (Wildman–Crippen MR) is 111 cm³/mol. The van der Waals surface area contributed by atoms with Gasteiger partial charge < -0.3 is 24.0 Å². The van der Waals surface area contributed by atoms with Crippen LogP contribution in [0.3, 0.4) is 0 Å². The number of rotatable bonds is 7. The van der Waals surface area contributed by atoms with Crippen LogP contribution in [0.25, 0.3) is 22.8 Å². The van der Waals surface area contributed by atoms with Gasteiger partial charge in [-0.15, -0.1) is 0 Å². The third kappa shape index (κ3) is 3.47. The maximum Gasteiger partial charge on any atom is 0.258 e. The lowest BCUT2D eigenvalue weighted by Crippen LogP contribution is -2.30. The molecule has 2 atom stereocenters. The molecule has 1 aliphatic heterocycles. The highest BCUT2D eigenvalue weighted by molar-refractivity contribution is 5.81. The van der Waals surface area contributed by atoms with E-state index in [1.165, 1.54) is 0 Å². The van der Waals surface area contributed by atoms with E-state index in [4.69, 9.17) is 14.0 Å². The van der Waals surface area contributed by atoms with E-state index < -0.39 is 0 Å². The molecule has 2 heterocycles. The zero-order chi connectivity index (χ0) is 21.4. The first kappa shape index (κ1) is 19.7. The fourth-order valence-electron chi connectivity index (χ4n) is 4.69. The van der Waals surface area contributed by atoms with E-state index in [0.29, 0.717) is 30.4 Å². The first-order valence-electron chi connectivity index (χ1n) is 10.3. The topological polar surface area (TPSA) is 97.9 Å². The average molecular weight is 421 g/mol. The lowest BCUT2D eigenvalue weighted by atomic mass is 10.0. The number of aromatic nitrogens is 2. The number of hydrogen-bond donors (Lipinski definition) is 1.